The first kappa shape index (κ1) is 22.1. The quantitative estimate of drug-likeness (QED) is 0.357. The van der Waals surface area contributed by atoms with Crippen LogP contribution in [-0.2, 0) is 6.42 Å². The average molecular weight is 452 g/mol. The van der Waals surface area contributed by atoms with Crippen molar-refractivity contribution in [3.05, 3.63) is 116 Å². The van der Waals surface area contributed by atoms with Gasteiger partial charge in [-0.15, -0.1) is 0 Å². The Morgan fingerprint density at radius 2 is 1.59 bits per heavy atom. The van der Waals surface area contributed by atoms with Crippen LogP contribution in [0.25, 0.3) is 11.0 Å². The maximum absolute atomic E-state index is 13.8. The minimum atomic E-state index is -0.463. The molecule has 3 aromatic carbocycles. The van der Waals surface area contributed by atoms with Crippen LogP contribution in [0.4, 0.5) is 0 Å². The molecule has 4 aromatic rings. The van der Waals surface area contributed by atoms with E-state index >= 15 is 0 Å². The molecule has 0 fully saturated rings. The number of aryl methyl sites for hydroxylation is 2. The molecule has 0 N–H and O–H groups in total. The van der Waals surface area contributed by atoms with Crippen molar-refractivity contribution in [1.29, 1.82) is 0 Å². The van der Waals surface area contributed by atoms with Crippen LogP contribution in [0.2, 0.25) is 0 Å². The van der Waals surface area contributed by atoms with E-state index in [2.05, 4.69) is 38.1 Å². The lowest BCUT2D eigenvalue weighted by Crippen LogP contribution is -2.31. The Bertz CT molecular complexity index is 1430. The lowest BCUT2D eigenvalue weighted by atomic mass is 9.94. The smallest absolute Gasteiger partial charge is 0.290 e. The highest BCUT2D eigenvalue weighted by Crippen LogP contribution is 2.39. The molecule has 34 heavy (non-hydrogen) atoms. The molecule has 0 spiro atoms. The highest BCUT2D eigenvalue weighted by atomic mass is 16.3. The maximum Gasteiger partial charge on any atom is 0.290 e. The summed E-state index contributed by atoms with van der Waals surface area (Å²) in [7, 11) is 0. The fourth-order valence-corrected chi connectivity index (χ4v) is 4.81. The molecule has 5 rings (SSSR count). The van der Waals surface area contributed by atoms with Crippen LogP contribution in [0.1, 0.15) is 69.7 Å². The van der Waals surface area contributed by atoms with Crippen LogP contribution in [0.5, 0.6) is 0 Å². The van der Waals surface area contributed by atoms with E-state index in [0.717, 1.165) is 22.3 Å². The number of benzene rings is 3. The fraction of sp³-hybridized carbons (Fsp3) is 0.267. The van der Waals surface area contributed by atoms with Gasteiger partial charge in [-0.1, -0.05) is 68.4 Å². The van der Waals surface area contributed by atoms with Gasteiger partial charge in [0.1, 0.15) is 5.58 Å². The molecule has 1 aromatic heterocycles. The minimum absolute atomic E-state index is 0.118. The van der Waals surface area contributed by atoms with Crippen molar-refractivity contribution < 1.29 is 9.21 Å². The molecule has 4 heteroatoms. The molecule has 0 aliphatic carbocycles. The van der Waals surface area contributed by atoms with Gasteiger partial charge in [-0.2, -0.15) is 0 Å². The van der Waals surface area contributed by atoms with E-state index in [1.807, 2.05) is 56.3 Å². The van der Waals surface area contributed by atoms with Gasteiger partial charge in [0, 0.05) is 6.54 Å². The summed E-state index contributed by atoms with van der Waals surface area (Å²) in [6.45, 7) is 8.77. The molecular formula is C30H29NO3. The number of carbonyl (C=O) groups is 1. The average Bonchev–Trinajstić information content (AvgIpc) is 3.11. The lowest BCUT2D eigenvalue weighted by Gasteiger charge is -2.25. The van der Waals surface area contributed by atoms with Crippen LogP contribution in [0.3, 0.4) is 0 Å². The molecule has 172 valence electrons. The number of hydrogen-bond donors (Lipinski definition) is 0. The van der Waals surface area contributed by atoms with Gasteiger partial charge < -0.3 is 9.32 Å². The van der Waals surface area contributed by atoms with Gasteiger partial charge in [-0.05, 0) is 66.1 Å². The Balaban J connectivity index is 1.65. The highest BCUT2D eigenvalue weighted by Gasteiger charge is 2.42. The summed E-state index contributed by atoms with van der Waals surface area (Å²) in [5, 5.41) is 0.531. The normalized spacial score (nSPS) is 15.4. The molecule has 1 aliphatic rings. The van der Waals surface area contributed by atoms with Crippen LogP contribution >= 0.6 is 0 Å². The van der Waals surface area contributed by atoms with Gasteiger partial charge in [0.2, 0.25) is 5.76 Å². The standard InChI is InChI=1S/C30H29NO3/c1-18(2)22-10-12-23(13-11-22)27-26-28(32)24-16-19(3)20(4)17-25(24)34-29(26)30(33)31(27)15-14-21-8-6-5-7-9-21/h5-13,16-18,27H,14-15H2,1-4H3. The van der Waals surface area contributed by atoms with Crippen molar-refractivity contribution in [3.8, 4) is 0 Å². The molecule has 0 saturated heterocycles. The Kier molecular flexibility index (Phi) is 5.60. The fourth-order valence-electron chi connectivity index (χ4n) is 4.81. The highest BCUT2D eigenvalue weighted by molar-refractivity contribution is 5.99. The molecule has 0 bridgehead atoms. The Labute approximate surface area is 199 Å². The van der Waals surface area contributed by atoms with Crippen molar-refractivity contribution in [2.24, 2.45) is 0 Å². The third-order valence-electron chi connectivity index (χ3n) is 6.99. The zero-order chi connectivity index (χ0) is 24.0. The van der Waals surface area contributed by atoms with Gasteiger partial charge >= 0.3 is 0 Å². The van der Waals surface area contributed by atoms with Gasteiger partial charge in [-0.25, -0.2) is 0 Å². The van der Waals surface area contributed by atoms with E-state index in [-0.39, 0.29) is 17.1 Å². The van der Waals surface area contributed by atoms with Crippen LogP contribution < -0.4 is 5.43 Å². The predicted octanol–water partition coefficient (Wildman–Crippen LogP) is 6.32. The second kappa shape index (κ2) is 8.60. The zero-order valence-electron chi connectivity index (χ0n) is 20.1. The van der Waals surface area contributed by atoms with Gasteiger partial charge in [-0.3, -0.25) is 9.59 Å². The first-order valence-electron chi connectivity index (χ1n) is 11.9. The Morgan fingerprint density at radius 3 is 2.26 bits per heavy atom. The Hall–Kier alpha value is -3.66. The van der Waals surface area contributed by atoms with E-state index in [1.165, 1.54) is 5.56 Å². The molecule has 1 atom stereocenters. The second-order valence-electron chi connectivity index (χ2n) is 9.56. The van der Waals surface area contributed by atoms with Crippen LogP contribution in [0, 0.1) is 13.8 Å². The third kappa shape index (κ3) is 3.73. The van der Waals surface area contributed by atoms with Crippen molar-refractivity contribution in [2.45, 2.75) is 46.1 Å². The molecule has 0 saturated carbocycles. The summed E-state index contributed by atoms with van der Waals surface area (Å²) < 4.78 is 6.14. The second-order valence-corrected chi connectivity index (χ2v) is 9.56. The minimum Gasteiger partial charge on any atom is -0.450 e. The first-order valence-corrected chi connectivity index (χ1v) is 11.9. The van der Waals surface area contributed by atoms with Gasteiger partial charge in [0.15, 0.2) is 5.43 Å². The monoisotopic (exact) mass is 451 g/mol. The lowest BCUT2D eigenvalue weighted by molar-refractivity contribution is 0.0730. The number of carbonyl (C=O) groups excluding carboxylic acids is 1. The van der Waals surface area contributed by atoms with E-state index in [0.29, 0.717) is 35.4 Å². The number of fused-ring (bicyclic) bond motifs is 2. The van der Waals surface area contributed by atoms with E-state index < -0.39 is 6.04 Å². The molecule has 1 unspecified atom stereocenters. The van der Waals surface area contributed by atoms with Crippen LogP contribution in [-0.4, -0.2) is 17.4 Å². The van der Waals surface area contributed by atoms with Crippen molar-refractivity contribution in [1.82, 2.24) is 4.90 Å². The SMILES string of the molecule is Cc1cc2oc3c(c(=O)c2cc1C)C(c1ccc(C(C)C)cc1)N(CCc1ccccc1)C3=O. The van der Waals surface area contributed by atoms with E-state index in [4.69, 9.17) is 4.42 Å². The van der Waals surface area contributed by atoms with Crippen LogP contribution in [0.15, 0.2) is 75.9 Å². The van der Waals surface area contributed by atoms with E-state index in [1.54, 1.807) is 4.90 Å². The molecule has 4 nitrogen and oxygen atoms in total. The third-order valence-corrected chi connectivity index (χ3v) is 6.99. The molecule has 0 radical (unpaired) electrons. The van der Waals surface area contributed by atoms with Gasteiger partial charge in [0.25, 0.3) is 5.91 Å². The number of amides is 1. The molecule has 2 heterocycles. The molecular weight excluding hydrogens is 422 g/mol. The number of rotatable bonds is 5. The Morgan fingerprint density at radius 1 is 0.912 bits per heavy atom. The predicted molar refractivity (Wildman–Crippen MR) is 136 cm³/mol. The number of nitrogens with zero attached hydrogens (tertiary/aromatic N) is 1. The van der Waals surface area contributed by atoms with E-state index in [9.17, 15) is 9.59 Å². The van der Waals surface area contributed by atoms with Crippen molar-refractivity contribution >= 4 is 16.9 Å². The summed E-state index contributed by atoms with van der Waals surface area (Å²) in [6.07, 6.45) is 0.701. The number of hydrogen-bond acceptors (Lipinski definition) is 3. The van der Waals surface area contributed by atoms with Crippen molar-refractivity contribution in [3.63, 3.8) is 0 Å². The largest absolute Gasteiger partial charge is 0.450 e. The molecule has 1 amide bonds. The summed E-state index contributed by atoms with van der Waals surface area (Å²) in [6, 6.07) is 21.7. The zero-order valence-corrected chi connectivity index (χ0v) is 20.1. The summed E-state index contributed by atoms with van der Waals surface area (Å²) >= 11 is 0. The molecule has 1 aliphatic heterocycles. The summed E-state index contributed by atoms with van der Waals surface area (Å²) in [5.74, 6) is 0.355. The maximum atomic E-state index is 13.8. The first-order chi connectivity index (χ1) is 16.3. The topological polar surface area (TPSA) is 50.5 Å². The summed E-state index contributed by atoms with van der Waals surface area (Å²) in [5.41, 5.74) is 6.17. The van der Waals surface area contributed by atoms with Gasteiger partial charge in [0.05, 0.1) is 17.0 Å². The summed E-state index contributed by atoms with van der Waals surface area (Å²) in [4.78, 5) is 29.2. The van der Waals surface area contributed by atoms with Crippen molar-refractivity contribution in [2.75, 3.05) is 6.54 Å².